The van der Waals surface area contributed by atoms with Crippen LogP contribution in [0.25, 0.3) is 21.3 Å². The van der Waals surface area contributed by atoms with Crippen LogP contribution in [0.4, 0.5) is 0 Å². The van der Waals surface area contributed by atoms with Crippen molar-refractivity contribution in [2.75, 3.05) is 5.75 Å². The predicted octanol–water partition coefficient (Wildman–Crippen LogP) is 5.47. The number of carboxylic acid groups (broad SMARTS) is 1. The van der Waals surface area contributed by atoms with Gasteiger partial charge in [0.2, 0.25) is 0 Å². The summed E-state index contributed by atoms with van der Waals surface area (Å²) in [5.74, 6) is -0.205. The van der Waals surface area contributed by atoms with Crippen molar-refractivity contribution >= 4 is 39.3 Å². The van der Waals surface area contributed by atoms with Gasteiger partial charge in [0.25, 0.3) is 5.56 Å². The third kappa shape index (κ3) is 4.90. The van der Waals surface area contributed by atoms with Crippen molar-refractivity contribution in [3.8, 4) is 11.1 Å². The monoisotopic (exact) mass is 430 g/mol. The van der Waals surface area contributed by atoms with E-state index in [0.717, 1.165) is 27.3 Å². The smallest absolute Gasteiger partial charge is 0.303 e. The highest BCUT2D eigenvalue weighted by Gasteiger charge is 2.19. The minimum atomic E-state index is -0.810. The van der Waals surface area contributed by atoms with Crippen LogP contribution < -0.4 is 5.56 Å². The van der Waals surface area contributed by atoms with Crippen molar-refractivity contribution in [2.45, 2.75) is 57.5 Å². The number of aromatic nitrogens is 2. The van der Waals surface area contributed by atoms with Gasteiger partial charge in [-0.15, -0.1) is 11.3 Å². The Hall–Kier alpha value is -2.12. The molecule has 2 N–H and O–H groups in total. The zero-order valence-corrected chi connectivity index (χ0v) is 18.8. The molecule has 154 valence electrons. The fourth-order valence-electron chi connectivity index (χ4n) is 3.19. The highest BCUT2D eigenvalue weighted by Crippen LogP contribution is 2.37. The first-order valence-corrected chi connectivity index (χ1v) is 11.5. The van der Waals surface area contributed by atoms with Crippen molar-refractivity contribution in [1.29, 1.82) is 0 Å². The number of fused-ring (bicyclic) bond motifs is 1. The zero-order chi connectivity index (χ0) is 21.2. The van der Waals surface area contributed by atoms with Gasteiger partial charge in [-0.25, -0.2) is 4.98 Å². The number of H-pyrrole nitrogens is 1. The quantitative estimate of drug-likeness (QED) is 0.295. The van der Waals surface area contributed by atoms with E-state index in [4.69, 9.17) is 5.11 Å². The molecule has 5 nitrogen and oxygen atoms in total. The maximum absolute atomic E-state index is 12.9. The molecule has 2 aromatic heterocycles. The maximum Gasteiger partial charge on any atom is 0.303 e. The molecule has 0 saturated carbocycles. The van der Waals surface area contributed by atoms with Crippen LogP contribution in [0.1, 0.15) is 51.0 Å². The number of nitrogens with one attached hydrogen (secondary N) is 1. The normalized spacial score (nSPS) is 11.9. The number of aromatic amines is 1. The number of rotatable bonds is 7. The van der Waals surface area contributed by atoms with Crippen molar-refractivity contribution in [3.05, 3.63) is 45.1 Å². The number of hydrogen-bond acceptors (Lipinski definition) is 5. The van der Waals surface area contributed by atoms with Crippen LogP contribution in [-0.4, -0.2) is 26.8 Å². The number of thiophene rings is 1. The first kappa shape index (κ1) is 21.6. The number of carboxylic acids is 1. The number of carbonyl (C=O) groups is 1. The average molecular weight is 431 g/mol. The lowest BCUT2D eigenvalue weighted by Crippen LogP contribution is -2.11. The van der Waals surface area contributed by atoms with Crippen LogP contribution in [0.5, 0.6) is 0 Å². The summed E-state index contributed by atoms with van der Waals surface area (Å²) in [6, 6.07) is 8.45. The second kappa shape index (κ2) is 8.71. The van der Waals surface area contributed by atoms with Gasteiger partial charge in [-0.05, 0) is 29.4 Å². The molecule has 0 aliphatic heterocycles. The lowest BCUT2D eigenvalue weighted by Gasteiger charge is -2.19. The van der Waals surface area contributed by atoms with Crippen molar-refractivity contribution in [3.63, 3.8) is 0 Å². The summed E-state index contributed by atoms with van der Waals surface area (Å²) >= 11 is 2.95. The van der Waals surface area contributed by atoms with Crippen molar-refractivity contribution < 1.29 is 9.90 Å². The summed E-state index contributed by atoms with van der Waals surface area (Å²) in [5.41, 5.74) is 3.21. The fraction of sp³-hybridized carbons (Fsp3) is 0.409. The molecular formula is C22H26N2O3S2. The minimum Gasteiger partial charge on any atom is -0.481 e. The number of aliphatic carboxylic acids is 1. The number of hydrogen-bond donors (Lipinski definition) is 2. The van der Waals surface area contributed by atoms with Gasteiger partial charge in [0.05, 0.1) is 5.39 Å². The Bertz CT molecular complexity index is 1080. The number of thioether (sulfide) groups is 1. The highest BCUT2D eigenvalue weighted by molar-refractivity contribution is 7.99. The Balaban J connectivity index is 1.98. The van der Waals surface area contributed by atoms with Crippen LogP contribution in [0.2, 0.25) is 0 Å². The molecular weight excluding hydrogens is 404 g/mol. The minimum absolute atomic E-state index is 0.0780. The van der Waals surface area contributed by atoms with E-state index in [2.05, 4.69) is 61.9 Å². The standard InChI is InChI=1S/C22H26N2O3S2/c1-5-15-17(13-8-10-14(11-9-13)22(2,3)4)18-19(27)23-21(24-20(18)29-15)28-12-6-7-16(25)26/h8-11H,5-7,12H2,1-4H3,(H,25,26)(H,23,24,27). The average Bonchev–Trinajstić information content (AvgIpc) is 3.03. The maximum atomic E-state index is 12.9. The Morgan fingerprint density at radius 3 is 2.52 bits per heavy atom. The summed E-state index contributed by atoms with van der Waals surface area (Å²) in [4.78, 5) is 32.9. The van der Waals surface area contributed by atoms with E-state index in [9.17, 15) is 9.59 Å². The Kier molecular flexibility index (Phi) is 6.49. The van der Waals surface area contributed by atoms with Gasteiger partial charge in [-0.2, -0.15) is 0 Å². The van der Waals surface area contributed by atoms with Gasteiger partial charge in [0.1, 0.15) is 4.83 Å². The molecule has 3 aromatic rings. The van der Waals surface area contributed by atoms with Gasteiger partial charge >= 0.3 is 5.97 Å². The van der Waals surface area contributed by atoms with Crippen molar-refractivity contribution in [1.82, 2.24) is 9.97 Å². The van der Waals surface area contributed by atoms with E-state index < -0.39 is 5.97 Å². The molecule has 7 heteroatoms. The Labute approximate surface area is 178 Å². The molecule has 0 bridgehead atoms. The van der Waals surface area contributed by atoms with Crippen molar-refractivity contribution in [2.24, 2.45) is 0 Å². The molecule has 0 spiro atoms. The molecule has 0 amide bonds. The van der Waals surface area contributed by atoms with Crippen LogP contribution in [0, 0.1) is 0 Å². The summed E-state index contributed by atoms with van der Waals surface area (Å²) in [7, 11) is 0. The molecule has 0 saturated heterocycles. The van der Waals surface area contributed by atoms with E-state index >= 15 is 0 Å². The summed E-state index contributed by atoms with van der Waals surface area (Å²) < 4.78 is 0. The van der Waals surface area contributed by atoms with Gasteiger partial charge in [-0.1, -0.05) is 63.7 Å². The summed E-state index contributed by atoms with van der Waals surface area (Å²) in [6.07, 6.45) is 1.49. The number of benzene rings is 1. The second-order valence-corrected chi connectivity index (χ2v) is 10.1. The largest absolute Gasteiger partial charge is 0.481 e. The molecule has 0 aliphatic rings. The van der Waals surface area contributed by atoms with E-state index in [-0.39, 0.29) is 17.4 Å². The molecule has 0 unspecified atom stereocenters. The molecule has 0 aliphatic carbocycles. The van der Waals surface area contributed by atoms with E-state index in [1.807, 2.05) is 0 Å². The Morgan fingerprint density at radius 1 is 1.24 bits per heavy atom. The molecule has 0 fully saturated rings. The van der Waals surface area contributed by atoms with Gasteiger partial charge in [0.15, 0.2) is 5.16 Å². The molecule has 0 radical (unpaired) electrons. The van der Waals surface area contributed by atoms with Crippen LogP contribution in [0.15, 0.2) is 34.2 Å². The summed E-state index contributed by atoms with van der Waals surface area (Å²) in [6.45, 7) is 8.64. The van der Waals surface area contributed by atoms with Gasteiger partial charge in [0, 0.05) is 22.6 Å². The predicted molar refractivity (Wildman–Crippen MR) is 121 cm³/mol. The fourth-order valence-corrected chi connectivity index (χ4v) is 5.18. The van der Waals surface area contributed by atoms with Gasteiger partial charge < -0.3 is 10.1 Å². The lowest BCUT2D eigenvalue weighted by molar-refractivity contribution is -0.137. The van der Waals surface area contributed by atoms with E-state index in [0.29, 0.717) is 22.7 Å². The molecule has 0 atom stereocenters. The van der Waals surface area contributed by atoms with Crippen LogP contribution in [-0.2, 0) is 16.6 Å². The second-order valence-electron chi connectivity index (χ2n) is 7.98. The lowest BCUT2D eigenvalue weighted by atomic mass is 9.86. The molecule has 3 rings (SSSR count). The third-order valence-electron chi connectivity index (χ3n) is 4.75. The van der Waals surface area contributed by atoms with E-state index in [1.54, 1.807) is 11.3 Å². The Morgan fingerprint density at radius 2 is 1.93 bits per heavy atom. The SMILES string of the molecule is CCc1sc2nc(SCCCC(=O)O)[nH]c(=O)c2c1-c1ccc(C(C)(C)C)cc1. The first-order valence-electron chi connectivity index (χ1n) is 9.72. The molecule has 29 heavy (non-hydrogen) atoms. The third-order valence-corrected chi connectivity index (χ3v) is 6.94. The van der Waals surface area contributed by atoms with Gasteiger partial charge in [-0.3, -0.25) is 9.59 Å². The van der Waals surface area contributed by atoms with Crippen LogP contribution >= 0.6 is 23.1 Å². The highest BCUT2D eigenvalue weighted by atomic mass is 32.2. The molecule has 2 heterocycles. The number of aryl methyl sites for hydroxylation is 1. The van der Waals surface area contributed by atoms with E-state index in [1.165, 1.54) is 17.3 Å². The zero-order valence-electron chi connectivity index (χ0n) is 17.2. The topological polar surface area (TPSA) is 83.0 Å². The van der Waals surface area contributed by atoms with Crippen LogP contribution in [0.3, 0.4) is 0 Å². The summed E-state index contributed by atoms with van der Waals surface area (Å²) in [5, 5.41) is 9.94. The number of nitrogens with zero attached hydrogens (tertiary/aromatic N) is 1. The molecule has 1 aromatic carbocycles. The first-order chi connectivity index (χ1) is 13.7.